The molecule has 1 heterocycles. The summed E-state index contributed by atoms with van der Waals surface area (Å²) in [5, 5.41) is 19.8. The number of aryl methyl sites for hydroxylation is 1. The van der Waals surface area contributed by atoms with Gasteiger partial charge in [-0.2, -0.15) is 0 Å². The van der Waals surface area contributed by atoms with Crippen molar-refractivity contribution >= 4 is 0 Å². The van der Waals surface area contributed by atoms with E-state index in [0.29, 0.717) is 0 Å². The number of hydrogen-bond acceptors (Lipinski definition) is 4. The highest BCUT2D eigenvalue weighted by molar-refractivity contribution is 4.64. The van der Waals surface area contributed by atoms with Gasteiger partial charge in [0.15, 0.2) is 0 Å². The van der Waals surface area contributed by atoms with Crippen molar-refractivity contribution < 1.29 is 5.11 Å². The van der Waals surface area contributed by atoms with Crippen LogP contribution in [0.1, 0.15) is 19.8 Å². The van der Waals surface area contributed by atoms with Gasteiger partial charge in [0, 0.05) is 12.7 Å². The molecule has 1 unspecified atom stereocenters. The van der Waals surface area contributed by atoms with Crippen molar-refractivity contribution in [2.45, 2.75) is 32.4 Å². The summed E-state index contributed by atoms with van der Waals surface area (Å²) in [7, 11) is 0. The third kappa shape index (κ3) is 4.94. The first-order chi connectivity index (χ1) is 6.79. The molecule has 1 aromatic rings. The lowest BCUT2D eigenvalue weighted by Crippen LogP contribution is -2.21. The molecule has 2 N–H and O–H groups in total. The number of aromatic nitrogens is 3. The van der Waals surface area contributed by atoms with Crippen molar-refractivity contribution in [1.29, 1.82) is 0 Å². The Labute approximate surface area is 84.1 Å². The summed E-state index contributed by atoms with van der Waals surface area (Å²) in [5.74, 6) is 0. The highest BCUT2D eigenvalue weighted by Gasteiger charge is 1.95. The fourth-order valence-electron chi connectivity index (χ4n) is 1.15. The molecule has 0 aliphatic rings. The zero-order valence-corrected chi connectivity index (χ0v) is 8.56. The van der Waals surface area contributed by atoms with Crippen molar-refractivity contribution in [1.82, 2.24) is 20.3 Å². The number of hydrogen-bond donors (Lipinski definition) is 2. The average molecular weight is 198 g/mol. The second-order valence-corrected chi connectivity index (χ2v) is 3.41. The van der Waals surface area contributed by atoms with E-state index in [9.17, 15) is 0 Å². The molecule has 5 nitrogen and oxygen atoms in total. The van der Waals surface area contributed by atoms with Crippen LogP contribution in [0, 0.1) is 0 Å². The zero-order chi connectivity index (χ0) is 10.2. The van der Waals surface area contributed by atoms with Crippen LogP contribution in [0.25, 0.3) is 0 Å². The Hall–Kier alpha value is -0.940. The summed E-state index contributed by atoms with van der Waals surface area (Å²) < 4.78 is 1.82. The van der Waals surface area contributed by atoms with Crippen LogP contribution in [0.5, 0.6) is 0 Å². The molecule has 14 heavy (non-hydrogen) atoms. The van der Waals surface area contributed by atoms with E-state index in [1.807, 2.05) is 10.9 Å². The molecule has 0 aliphatic heterocycles. The monoisotopic (exact) mass is 198 g/mol. The molecule has 0 aliphatic carbocycles. The van der Waals surface area contributed by atoms with Crippen molar-refractivity contribution in [3.05, 3.63) is 12.4 Å². The molecule has 0 aromatic carbocycles. The van der Waals surface area contributed by atoms with Gasteiger partial charge in [-0.15, -0.1) is 5.10 Å². The minimum absolute atomic E-state index is 0.210. The minimum Gasteiger partial charge on any atom is -0.393 e. The van der Waals surface area contributed by atoms with Gasteiger partial charge in [0.2, 0.25) is 0 Å². The van der Waals surface area contributed by atoms with E-state index >= 15 is 0 Å². The normalized spacial score (nSPS) is 13.0. The van der Waals surface area contributed by atoms with Crippen LogP contribution in [0.15, 0.2) is 12.4 Å². The second kappa shape index (κ2) is 6.50. The highest BCUT2D eigenvalue weighted by atomic mass is 16.3. The molecule has 5 heteroatoms. The Balaban J connectivity index is 1.90. The molecule has 0 saturated heterocycles. The number of aliphatic hydroxyl groups excluding tert-OH is 1. The van der Waals surface area contributed by atoms with E-state index in [1.54, 1.807) is 13.1 Å². The zero-order valence-electron chi connectivity index (χ0n) is 8.56. The predicted octanol–water partition coefficient (Wildman–Crippen LogP) is 0.0287. The van der Waals surface area contributed by atoms with Crippen LogP contribution >= 0.6 is 0 Å². The Bertz CT molecular complexity index is 223. The maximum atomic E-state index is 9.00. The lowest BCUT2D eigenvalue weighted by atomic mass is 10.3. The summed E-state index contributed by atoms with van der Waals surface area (Å²) in [5.41, 5.74) is 0. The molecule has 0 radical (unpaired) electrons. The van der Waals surface area contributed by atoms with Crippen molar-refractivity contribution in [3.8, 4) is 0 Å². The van der Waals surface area contributed by atoms with Crippen LogP contribution in [0.3, 0.4) is 0 Å². The molecular weight excluding hydrogens is 180 g/mol. The number of nitrogens with one attached hydrogen (secondary N) is 1. The van der Waals surface area contributed by atoms with E-state index < -0.39 is 0 Å². The third-order valence-corrected chi connectivity index (χ3v) is 1.95. The fourth-order valence-corrected chi connectivity index (χ4v) is 1.15. The number of nitrogens with zero attached hydrogens (tertiary/aromatic N) is 3. The summed E-state index contributed by atoms with van der Waals surface area (Å²) in [6.45, 7) is 4.51. The van der Waals surface area contributed by atoms with Gasteiger partial charge in [-0.25, -0.2) is 0 Å². The standard InChI is InChI=1S/C9H18N4O/c1-9(14)3-5-10-4-2-7-13-8-6-11-12-13/h6,8-10,14H,2-5,7H2,1H3. The van der Waals surface area contributed by atoms with Gasteiger partial charge in [0.1, 0.15) is 0 Å². The predicted molar refractivity (Wildman–Crippen MR) is 53.8 cm³/mol. The lowest BCUT2D eigenvalue weighted by Gasteiger charge is -2.05. The Morgan fingerprint density at radius 1 is 1.50 bits per heavy atom. The fraction of sp³-hybridized carbons (Fsp3) is 0.778. The molecule has 1 rings (SSSR count). The van der Waals surface area contributed by atoms with E-state index in [1.165, 1.54) is 0 Å². The third-order valence-electron chi connectivity index (χ3n) is 1.95. The number of rotatable bonds is 7. The van der Waals surface area contributed by atoms with Crippen molar-refractivity contribution in [3.63, 3.8) is 0 Å². The average Bonchev–Trinajstić information content (AvgIpc) is 2.63. The molecule has 0 bridgehead atoms. The Kier molecular flexibility index (Phi) is 5.17. The van der Waals surface area contributed by atoms with Gasteiger partial charge in [-0.1, -0.05) is 5.21 Å². The molecule has 0 spiro atoms. The van der Waals surface area contributed by atoms with Gasteiger partial charge in [-0.05, 0) is 32.9 Å². The first-order valence-corrected chi connectivity index (χ1v) is 5.02. The van der Waals surface area contributed by atoms with Crippen LogP contribution in [-0.2, 0) is 6.54 Å². The first-order valence-electron chi connectivity index (χ1n) is 5.02. The summed E-state index contributed by atoms with van der Waals surface area (Å²) in [4.78, 5) is 0. The maximum Gasteiger partial charge on any atom is 0.0692 e. The van der Waals surface area contributed by atoms with E-state index in [-0.39, 0.29) is 6.10 Å². The highest BCUT2D eigenvalue weighted by Crippen LogP contribution is 1.88. The van der Waals surface area contributed by atoms with Crippen LogP contribution in [0.4, 0.5) is 0 Å². The first kappa shape index (κ1) is 11.1. The van der Waals surface area contributed by atoms with Gasteiger partial charge >= 0.3 is 0 Å². The van der Waals surface area contributed by atoms with Gasteiger partial charge in [0.05, 0.1) is 12.3 Å². The van der Waals surface area contributed by atoms with Gasteiger partial charge < -0.3 is 10.4 Å². The van der Waals surface area contributed by atoms with E-state index in [2.05, 4.69) is 15.6 Å². The van der Waals surface area contributed by atoms with E-state index in [0.717, 1.165) is 32.5 Å². The molecular formula is C9H18N4O. The molecule has 1 aromatic heterocycles. The SMILES string of the molecule is CC(O)CCNCCCn1ccnn1. The quantitative estimate of drug-likeness (QED) is 0.607. The Morgan fingerprint density at radius 2 is 2.36 bits per heavy atom. The summed E-state index contributed by atoms with van der Waals surface area (Å²) in [6.07, 6.45) is 5.17. The summed E-state index contributed by atoms with van der Waals surface area (Å²) >= 11 is 0. The summed E-state index contributed by atoms with van der Waals surface area (Å²) in [6, 6.07) is 0. The van der Waals surface area contributed by atoms with Crippen molar-refractivity contribution in [2.24, 2.45) is 0 Å². The molecule has 1 atom stereocenters. The molecule has 0 saturated carbocycles. The lowest BCUT2D eigenvalue weighted by molar-refractivity contribution is 0.184. The maximum absolute atomic E-state index is 9.00. The van der Waals surface area contributed by atoms with Crippen LogP contribution < -0.4 is 5.32 Å². The molecule has 0 amide bonds. The van der Waals surface area contributed by atoms with Crippen molar-refractivity contribution in [2.75, 3.05) is 13.1 Å². The topological polar surface area (TPSA) is 63.0 Å². The van der Waals surface area contributed by atoms with E-state index in [4.69, 9.17) is 5.11 Å². The smallest absolute Gasteiger partial charge is 0.0692 e. The second-order valence-electron chi connectivity index (χ2n) is 3.41. The molecule has 0 fully saturated rings. The van der Waals surface area contributed by atoms with Gasteiger partial charge in [-0.3, -0.25) is 4.68 Å². The van der Waals surface area contributed by atoms with Gasteiger partial charge in [0.25, 0.3) is 0 Å². The van der Waals surface area contributed by atoms with Crippen LogP contribution in [0.2, 0.25) is 0 Å². The van der Waals surface area contributed by atoms with Crippen LogP contribution in [-0.4, -0.2) is 39.3 Å². The number of aliphatic hydroxyl groups is 1. The molecule has 80 valence electrons. The minimum atomic E-state index is -0.210. The Morgan fingerprint density at radius 3 is 3.00 bits per heavy atom. The largest absolute Gasteiger partial charge is 0.393 e.